The van der Waals surface area contributed by atoms with Crippen LogP contribution in [0.25, 0.3) is 0 Å². The van der Waals surface area contributed by atoms with Crippen molar-refractivity contribution in [2.24, 2.45) is 0 Å². The summed E-state index contributed by atoms with van der Waals surface area (Å²) in [6, 6.07) is 8.92. The molecule has 19 heavy (non-hydrogen) atoms. The van der Waals surface area contributed by atoms with Crippen molar-refractivity contribution in [3.05, 3.63) is 35.9 Å². The SMILES string of the molecule is O=C(OCc1ccccc1)N1C(CO)CCC1CO. The molecule has 5 heteroatoms. The predicted molar refractivity (Wildman–Crippen MR) is 69.4 cm³/mol. The summed E-state index contributed by atoms with van der Waals surface area (Å²) in [5, 5.41) is 18.5. The number of hydrogen-bond donors (Lipinski definition) is 2. The summed E-state index contributed by atoms with van der Waals surface area (Å²) in [5.74, 6) is 0. The van der Waals surface area contributed by atoms with Crippen LogP contribution in [0.15, 0.2) is 30.3 Å². The molecule has 0 spiro atoms. The van der Waals surface area contributed by atoms with E-state index in [1.807, 2.05) is 30.3 Å². The lowest BCUT2D eigenvalue weighted by molar-refractivity contribution is 0.0528. The third kappa shape index (κ3) is 3.24. The molecular weight excluding hydrogens is 246 g/mol. The number of hydrogen-bond acceptors (Lipinski definition) is 4. The number of carbonyl (C=O) groups is 1. The maximum Gasteiger partial charge on any atom is 0.410 e. The monoisotopic (exact) mass is 265 g/mol. The van der Waals surface area contributed by atoms with Crippen LogP contribution in [0.5, 0.6) is 0 Å². The highest BCUT2D eigenvalue weighted by Gasteiger charge is 2.37. The van der Waals surface area contributed by atoms with Gasteiger partial charge in [-0.25, -0.2) is 4.79 Å². The van der Waals surface area contributed by atoms with E-state index in [1.54, 1.807) is 0 Å². The van der Waals surface area contributed by atoms with Crippen molar-refractivity contribution >= 4 is 6.09 Å². The van der Waals surface area contributed by atoms with Gasteiger partial charge in [-0.05, 0) is 18.4 Å². The number of rotatable bonds is 4. The zero-order valence-electron chi connectivity index (χ0n) is 10.7. The largest absolute Gasteiger partial charge is 0.445 e. The van der Waals surface area contributed by atoms with E-state index in [9.17, 15) is 15.0 Å². The van der Waals surface area contributed by atoms with Crippen molar-refractivity contribution in [3.8, 4) is 0 Å². The van der Waals surface area contributed by atoms with Gasteiger partial charge in [0.05, 0.1) is 25.3 Å². The molecule has 0 saturated carbocycles. The molecule has 2 N–H and O–H groups in total. The third-order valence-electron chi connectivity index (χ3n) is 3.46. The first-order valence-corrected chi connectivity index (χ1v) is 6.47. The Morgan fingerprint density at radius 2 is 1.74 bits per heavy atom. The molecule has 0 aromatic heterocycles. The van der Waals surface area contributed by atoms with E-state index in [2.05, 4.69) is 0 Å². The molecule has 0 radical (unpaired) electrons. The summed E-state index contributed by atoms with van der Waals surface area (Å²) >= 11 is 0. The molecular formula is C14H19NO4. The van der Waals surface area contributed by atoms with E-state index >= 15 is 0 Å². The van der Waals surface area contributed by atoms with Crippen molar-refractivity contribution in [1.29, 1.82) is 0 Å². The van der Waals surface area contributed by atoms with E-state index in [1.165, 1.54) is 4.90 Å². The summed E-state index contributed by atoms with van der Waals surface area (Å²) in [6.07, 6.45) is 0.920. The number of aliphatic hydroxyl groups excluding tert-OH is 2. The van der Waals surface area contributed by atoms with Crippen LogP contribution >= 0.6 is 0 Å². The zero-order chi connectivity index (χ0) is 13.7. The Morgan fingerprint density at radius 1 is 1.16 bits per heavy atom. The van der Waals surface area contributed by atoms with Crippen LogP contribution in [0.3, 0.4) is 0 Å². The maximum absolute atomic E-state index is 12.0. The van der Waals surface area contributed by atoms with Gasteiger partial charge in [0.25, 0.3) is 0 Å². The average Bonchev–Trinajstić information content (AvgIpc) is 2.89. The summed E-state index contributed by atoms with van der Waals surface area (Å²) in [7, 11) is 0. The highest BCUT2D eigenvalue weighted by atomic mass is 16.6. The van der Waals surface area contributed by atoms with Gasteiger partial charge in [-0.1, -0.05) is 30.3 Å². The molecule has 1 aromatic rings. The van der Waals surface area contributed by atoms with E-state index in [4.69, 9.17) is 4.74 Å². The molecule has 0 aliphatic carbocycles. The van der Waals surface area contributed by atoms with E-state index in [0.717, 1.165) is 5.56 Å². The van der Waals surface area contributed by atoms with Crippen molar-refractivity contribution in [2.75, 3.05) is 13.2 Å². The Kier molecular flexibility index (Phi) is 4.76. The number of amides is 1. The molecule has 1 aromatic carbocycles. The lowest BCUT2D eigenvalue weighted by Gasteiger charge is -2.27. The summed E-state index contributed by atoms with van der Waals surface area (Å²) in [4.78, 5) is 13.5. The van der Waals surface area contributed by atoms with E-state index in [-0.39, 0.29) is 31.9 Å². The molecule has 2 rings (SSSR count). The summed E-state index contributed by atoms with van der Waals surface area (Å²) in [6.45, 7) is 0.000342. The second-order valence-corrected chi connectivity index (χ2v) is 4.70. The smallest absolute Gasteiger partial charge is 0.410 e. The fourth-order valence-corrected chi connectivity index (χ4v) is 2.41. The zero-order valence-corrected chi connectivity index (χ0v) is 10.7. The first kappa shape index (κ1) is 13.8. The molecule has 1 aliphatic rings. The molecule has 1 amide bonds. The standard InChI is InChI=1S/C14H19NO4/c16-8-12-6-7-13(9-17)15(12)14(18)19-10-11-4-2-1-3-5-11/h1-5,12-13,16-17H,6-10H2. The van der Waals surface area contributed by atoms with Crippen LogP contribution < -0.4 is 0 Å². The summed E-state index contributed by atoms with van der Waals surface area (Å²) < 4.78 is 5.24. The molecule has 1 saturated heterocycles. The van der Waals surface area contributed by atoms with Crippen LogP contribution in [0.1, 0.15) is 18.4 Å². The van der Waals surface area contributed by atoms with Gasteiger partial charge in [0.1, 0.15) is 6.61 Å². The fourth-order valence-electron chi connectivity index (χ4n) is 2.41. The lowest BCUT2D eigenvalue weighted by atomic mass is 10.2. The van der Waals surface area contributed by atoms with Crippen molar-refractivity contribution in [3.63, 3.8) is 0 Å². The maximum atomic E-state index is 12.0. The highest BCUT2D eigenvalue weighted by Crippen LogP contribution is 2.24. The second-order valence-electron chi connectivity index (χ2n) is 4.70. The number of ether oxygens (including phenoxy) is 1. The Balaban J connectivity index is 1.94. The Labute approximate surface area is 112 Å². The van der Waals surface area contributed by atoms with Gasteiger partial charge in [-0.15, -0.1) is 0 Å². The van der Waals surface area contributed by atoms with Crippen LogP contribution in [0, 0.1) is 0 Å². The van der Waals surface area contributed by atoms with E-state index in [0.29, 0.717) is 12.8 Å². The van der Waals surface area contributed by atoms with Gasteiger partial charge >= 0.3 is 6.09 Å². The van der Waals surface area contributed by atoms with Crippen LogP contribution in [-0.4, -0.2) is 46.5 Å². The first-order valence-electron chi connectivity index (χ1n) is 6.47. The first-order chi connectivity index (χ1) is 9.26. The quantitative estimate of drug-likeness (QED) is 0.856. The normalized spacial score (nSPS) is 22.5. The molecule has 5 nitrogen and oxygen atoms in total. The number of nitrogens with zero attached hydrogens (tertiary/aromatic N) is 1. The number of likely N-dealkylation sites (tertiary alicyclic amines) is 1. The van der Waals surface area contributed by atoms with Crippen LogP contribution in [0.4, 0.5) is 4.79 Å². The third-order valence-corrected chi connectivity index (χ3v) is 3.46. The van der Waals surface area contributed by atoms with Gasteiger partial charge in [-0.2, -0.15) is 0 Å². The van der Waals surface area contributed by atoms with Crippen molar-refractivity contribution in [2.45, 2.75) is 31.5 Å². The van der Waals surface area contributed by atoms with E-state index < -0.39 is 6.09 Å². The van der Waals surface area contributed by atoms with Gasteiger partial charge in [0.2, 0.25) is 0 Å². The van der Waals surface area contributed by atoms with Crippen LogP contribution in [0.2, 0.25) is 0 Å². The van der Waals surface area contributed by atoms with Crippen molar-refractivity contribution < 1.29 is 19.7 Å². The highest BCUT2D eigenvalue weighted by molar-refractivity contribution is 5.69. The minimum atomic E-state index is -0.473. The number of carbonyl (C=O) groups excluding carboxylic acids is 1. The molecule has 0 bridgehead atoms. The molecule has 1 heterocycles. The Bertz CT molecular complexity index is 397. The van der Waals surface area contributed by atoms with Gasteiger partial charge in [0, 0.05) is 0 Å². The second kappa shape index (κ2) is 6.54. The molecule has 1 aliphatic heterocycles. The Morgan fingerprint density at radius 3 is 2.26 bits per heavy atom. The molecule has 1 fully saturated rings. The number of benzene rings is 1. The van der Waals surface area contributed by atoms with Gasteiger partial charge in [-0.3, -0.25) is 4.90 Å². The summed E-state index contributed by atoms with van der Waals surface area (Å²) in [5.41, 5.74) is 0.913. The number of aliphatic hydroxyl groups is 2. The Hall–Kier alpha value is -1.59. The van der Waals surface area contributed by atoms with Crippen molar-refractivity contribution in [1.82, 2.24) is 4.90 Å². The van der Waals surface area contributed by atoms with Crippen LogP contribution in [-0.2, 0) is 11.3 Å². The predicted octanol–water partition coefficient (Wildman–Crippen LogP) is 1.14. The lowest BCUT2D eigenvalue weighted by Crippen LogP contribution is -2.44. The van der Waals surface area contributed by atoms with Gasteiger partial charge < -0.3 is 14.9 Å². The molecule has 2 atom stereocenters. The topological polar surface area (TPSA) is 70.0 Å². The average molecular weight is 265 g/mol. The minimum Gasteiger partial charge on any atom is -0.445 e. The molecule has 104 valence electrons. The van der Waals surface area contributed by atoms with Gasteiger partial charge in [0.15, 0.2) is 0 Å². The minimum absolute atomic E-state index is 0.100. The fraction of sp³-hybridized carbons (Fsp3) is 0.500. The molecule has 2 unspecified atom stereocenters.